The van der Waals surface area contributed by atoms with Crippen LogP contribution in [-0.4, -0.2) is 59.2 Å². The molecule has 122 valence electrons. The topological polar surface area (TPSA) is 39.6 Å². The number of nitrogens with zero attached hydrogens (tertiary/aromatic N) is 3. The van der Waals surface area contributed by atoms with Crippen LogP contribution in [0.25, 0.3) is 0 Å². The van der Waals surface area contributed by atoms with Crippen LogP contribution in [0.3, 0.4) is 0 Å². The Morgan fingerprint density at radius 2 is 2.14 bits per heavy atom. The number of likely N-dealkylation sites (tertiary alicyclic amines) is 1. The van der Waals surface area contributed by atoms with E-state index in [1.54, 1.807) is 0 Å². The Morgan fingerprint density at radius 1 is 1.32 bits per heavy atom. The third-order valence-electron chi connectivity index (χ3n) is 5.58. The molecule has 0 amide bonds. The van der Waals surface area contributed by atoms with Gasteiger partial charge in [-0.1, -0.05) is 18.9 Å². The molecule has 1 aliphatic carbocycles. The fraction of sp³-hybridized carbons (Fsp3) is 0.722. The number of aromatic nitrogens is 1. The largest absolute Gasteiger partial charge is 0.391 e. The highest BCUT2D eigenvalue weighted by molar-refractivity contribution is 5.17. The van der Waals surface area contributed by atoms with Crippen molar-refractivity contribution < 1.29 is 5.11 Å². The number of likely N-dealkylation sites (N-methyl/N-ethyl adjacent to an activating group) is 1. The Balaban J connectivity index is 1.68. The van der Waals surface area contributed by atoms with Gasteiger partial charge in [0, 0.05) is 31.0 Å². The standard InChI is InChI=1S/C18H29N3O/c1-20-11-9-15(18(20)14-6-5-10-19-12-14)13-21(2)16-7-3-4-8-17(16)22/h5-6,10,12,15-18,22H,3-4,7-9,11,13H2,1-2H3/t15-,16+,17-,18-/m0/s1. The number of pyridine rings is 1. The fourth-order valence-electron chi connectivity index (χ4n) is 4.41. The Labute approximate surface area is 134 Å². The Morgan fingerprint density at radius 3 is 2.86 bits per heavy atom. The molecule has 1 aliphatic heterocycles. The number of aliphatic hydroxyl groups is 1. The highest BCUT2D eigenvalue weighted by Gasteiger charge is 2.36. The average molecular weight is 303 g/mol. The van der Waals surface area contributed by atoms with Gasteiger partial charge in [-0.25, -0.2) is 0 Å². The van der Waals surface area contributed by atoms with Gasteiger partial charge in [0.2, 0.25) is 0 Å². The number of aliphatic hydroxyl groups excluding tert-OH is 1. The van der Waals surface area contributed by atoms with Gasteiger partial charge in [-0.15, -0.1) is 0 Å². The van der Waals surface area contributed by atoms with E-state index in [-0.39, 0.29) is 6.10 Å². The molecule has 0 radical (unpaired) electrons. The number of hydrogen-bond acceptors (Lipinski definition) is 4. The van der Waals surface area contributed by atoms with Crippen molar-refractivity contribution in [3.05, 3.63) is 30.1 Å². The van der Waals surface area contributed by atoms with Crippen molar-refractivity contribution in [3.8, 4) is 0 Å². The molecule has 4 atom stereocenters. The van der Waals surface area contributed by atoms with Crippen LogP contribution in [0.1, 0.15) is 43.7 Å². The molecule has 0 bridgehead atoms. The van der Waals surface area contributed by atoms with Gasteiger partial charge in [0.1, 0.15) is 0 Å². The maximum Gasteiger partial charge on any atom is 0.0695 e. The maximum absolute atomic E-state index is 10.3. The summed E-state index contributed by atoms with van der Waals surface area (Å²) >= 11 is 0. The summed E-state index contributed by atoms with van der Waals surface area (Å²) in [5, 5.41) is 10.3. The molecular weight excluding hydrogens is 274 g/mol. The van der Waals surface area contributed by atoms with Crippen molar-refractivity contribution >= 4 is 0 Å². The van der Waals surface area contributed by atoms with Crippen LogP contribution in [0.4, 0.5) is 0 Å². The molecular formula is C18H29N3O. The van der Waals surface area contributed by atoms with Crippen LogP contribution in [0.2, 0.25) is 0 Å². The first-order valence-corrected chi connectivity index (χ1v) is 8.65. The third kappa shape index (κ3) is 3.34. The monoisotopic (exact) mass is 303 g/mol. The molecule has 4 nitrogen and oxygen atoms in total. The smallest absolute Gasteiger partial charge is 0.0695 e. The summed E-state index contributed by atoms with van der Waals surface area (Å²) in [5.41, 5.74) is 1.32. The van der Waals surface area contributed by atoms with Crippen LogP contribution in [0.15, 0.2) is 24.5 Å². The molecule has 4 heteroatoms. The molecule has 1 aromatic heterocycles. The minimum atomic E-state index is -0.144. The van der Waals surface area contributed by atoms with Crippen molar-refractivity contribution in [2.75, 3.05) is 27.2 Å². The van der Waals surface area contributed by atoms with Gasteiger partial charge in [0.25, 0.3) is 0 Å². The van der Waals surface area contributed by atoms with Gasteiger partial charge in [-0.2, -0.15) is 0 Å². The molecule has 2 heterocycles. The minimum absolute atomic E-state index is 0.144. The molecule has 1 saturated heterocycles. The molecule has 1 saturated carbocycles. The second-order valence-electron chi connectivity index (χ2n) is 7.12. The predicted octanol–water partition coefficient (Wildman–Crippen LogP) is 2.31. The highest BCUT2D eigenvalue weighted by atomic mass is 16.3. The van der Waals surface area contributed by atoms with Crippen molar-refractivity contribution in [3.63, 3.8) is 0 Å². The summed E-state index contributed by atoms with van der Waals surface area (Å²) in [6, 6.07) is 5.03. The molecule has 0 spiro atoms. The Hall–Kier alpha value is -0.970. The van der Waals surface area contributed by atoms with Crippen molar-refractivity contribution in [2.24, 2.45) is 5.92 Å². The zero-order valence-electron chi connectivity index (χ0n) is 13.9. The van der Waals surface area contributed by atoms with E-state index in [0.29, 0.717) is 18.0 Å². The quantitative estimate of drug-likeness (QED) is 0.926. The van der Waals surface area contributed by atoms with Gasteiger partial charge in [0.15, 0.2) is 0 Å². The van der Waals surface area contributed by atoms with Crippen LogP contribution in [0.5, 0.6) is 0 Å². The van der Waals surface area contributed by atoms with Crippen LogP contribution in [0, 0.1) is 5.92 Å². The first-order valence-electron chi connectivity index (χ1n) is 8.65. The summed E-state index contributed by atoms with van der Waals surface area (Å²) in [5.74, 6) is 0.619. The lowest BCUT2D eigenvalue weighted by atomic mass is 9.89. The highest BCUT2D eigenvalue weighted by Crippen LogP contribution is 2.37. The summed E-state index contributed by atoms with van der Waals surface area (Å²) < 4.78 is 0. The average Bonchev–Trinajstić information content (AvgIpc) is 2.89. The zero-order chi connectivity index (χ0) is 15.5. The molecule has 1 aromatic rings. The molecule has 2 fully saturated rings. The van der Waals surface area contributed by atoms with Gasteiger partial charge in [-0.05, 0) is 57.5 Å². The third-order valence-corrected chi connectivity index (χ3v) is 5.58. The molecule has 22 heavy (non-hydrogen) atoms. The minimum Gasteiger partial charge on any atom is -0.391 e. The normalized spacial score (nSPS) is 33.5. The number of rotatable bonds is 4. The predicted molar refractivity (Wildman–Crippen MR) is 88.6 cm³/mol. The fourth-order valence-corrected chi connectivity index (χ4v) is 4.41. The Kier molecular flexibility index (Phi) is 5.11. The molecule has 2 aliphatic rings. The lowest BCUT2D eigenvalue weighted by Crippen LogP contribution is -2.45. The first-order chi connectivity index (χ1) is 10.7. The Bertz CT molecular complexity index is 467. The van der Waals surface area contributed by atoms with E-state index >= 15 is 0 Å². The van der Waals surface area contributed by atoms with E-state index in [0.717, 1.165) is 25.9 Å². The lowest BCUT2D eigenvalue weighted by Gasteiger charge is -2.37. The van der Waals surface area contributed by atoms with Crippen LogP contribution in [-0.2, 0) is 0 Å². The van der Waals surface area contributed by atoms with Gasteiger partial charge in [0.05, 0.1) is 6.10 Å². The SMILES string of the molecule is CN(C[C@@H]1CCN(C)[C@H]1c1cccnc1)[C@@H]1CCCC[C@@H]1O. The maximum atomic E-state index is 10.3. The van der Waals surface area contributed by atoms with Crippen molar-refractivity contribution in [1.29, 1.82) is 0 Å². The van der Waals surface area contributed by atoms with Crippen molar-refractivity contribution in [1.82, 2.24) is 14.8 Å². The summed E-state index contributed by atoms with van der Waals surface area (Å²) in [6.45, 7) is 2.21. The van der Waals surface area contributed by atoms with Crippen molar-refractivity contribution in [2.45, 2.75) is 50.3 Å². The first kappa shape index (κ1) is 15.9. The van der Waals surface area contributed by atoms with Crippen LogP contribution < -0.4 is 0 Å². The van der Waals surface area contributed by atoms with Gasteiger partial charge >= 0.3 is 0 Å². The second-order valence-corrected chi connectivity index (χ2v) is 7.12. The van der Waals surface area contributed by atoms with E-state index in [1.807, 2.05) is 18.5 Å². The van der Waals surface area contributed by atoms with E-state index in [9.17, 15) is 5.11 Å². The van der Waals surface area contributed by atoms with Crippen LogP contribution >= 0.6 is 0 Å². The second kappa shape index (κ2) is 7.07. The van der Waals surface area contributed by atoms with E-state index in [4.69, 9.17) is 0 Å². The van der Waals surface area contributed by atoms with E-state index < -0.39 is 0 Å². The summed E-state index contributed by atoms with van der Waals surface area (Å²) in [4.78, 5) is 9.16. The molecule has 1 N–H and O–H groups in total. The lowest BCUT2D eigenvalue weighted by molar-refractivity contribution is 0.0233. The van der Waals surface area contributed by atoms with Gasteiger partial charge < -0.3 is 10.0 Å². The van der Waals surface area contributed by atoms with E-state index in [2.05, 4.69) is 34.9 Å². The number of hydrogen-bond donors (Lipinski definition) is 1. The van der Waals surface area contributed by atoms with E-state index in [1.165, 1.54) is 24.8 Å². The summed E-state index contributed by atoms with van der Waals surface area (Å²) in [7, 11) is 4.41. The molecule has 0 aromatic carbocycles. The summed E-state index contributed by atoms with van der Waals surface area (Å²) in [6.07, 6.45) is 9.47. The zero-order valence-corrected chi connectivity index (χ0v) is 13.9. The molecule has 0 unspecified atom stereocenters. The van der Waals surface area contributed by atoms with Gasteiger partial charge in [-0.3, -0.25) is 9.88 Å². The molecule has 3 rings (SSSR count).